The lowest BCUT2D eigenvalue weighted by Gasteiger charge is -2.30. The molecule has 4 atom stereocenters. The van der Waals surface area contributed by atoms with Gasteiger partial charge in [0.2, 0.25) is 23.6 Å². The fraction of sp³-hybridized carbons (Fsp3) is 0.485. The predicted molar refractivity (Wildman–Crippen MR) is 179 cm³/mol. The number of ether oxygens (including phenoxy) is 2. The van der Waals surface area contributed by atoms with Gasteiger partial charge in [0, 0.05) is 19.4 Å². The molecule has 6 N–H and O–H groups in total. The number of phosphoric ester groups is 1. The molecule has 50 heavy (non-hydrogen) atoms. The molecule has 0 unspecified atom stereocenters. The summed E-state index contributed by atoms with van der Waals surface area (Å²) in [6, 6.07) is 8.78. The maximum Gasteiger partial charge on any atom is 0.469 e. The molecule has 4 amide bonds. The van der Waals surface area contributed by atoms with Gasteiger partial charge in [0.15, 0.2) is 11.5 Å². The van der Waals surface area contributed by atoms with Gasteiger partial charge in [0.05, 0.1) is 20.8 Å². The molecular formula is C33H45N4O12P. The summed E-state index contributed by atoms with van der Waals surface area (Å²) >= 11 is 0. The van der Waals surface area contributed by atoms with E-state index in [1.807, 2.05) is 0 Å². The largest absolute Gasteiger partial charge is 0.493 e. The van der Waals surface area contributed by atoms with Crippen molar-refractivity contribution in [3.05, 3.63) is 59.7 Å². The molecule has 1 aliphatic rings. The van der Waals surface area contributed by atoms with Crippen LogP contribution in [0.5, 0.6) is 11.5 Å². The number of aryl methyl sites for hydroxylation is 1. The first-order valence-electron chi connectivity index (χ1n) is 16.0. The second kappa shape index (κ2) is 18.5. The highest BCUT2D eigenvalue weighted by atomic mass is 31.2. The first-order valence-corrected chi connectivity index (χ1v) is 17.5. The Morgan fingerprint density at radius 3 is 2.20 bits per heavy atom. The minimum absolute atomic E-state index is 0.0175. The van der Waals surface area contributed by atoms with Crippen molar-refractivity contribution >= 4 is 37.4 Å². The van der Waals surface area contributed by atoms with Crippen molar-refractivity contribution in [2.24, 2.45) is 5.92 Å². The maximum absolute atomic E-state index is 13.7. The summed E-state index contributed by atoms with van der Waals surface area (Å²) < 4.78 is 26.6. The zero-order valence-electron chi connectivity index (χ0n) is 28.4. The number of benzene rings is 2. The minimum atomic E-state index is -5.04. The van der Waals surface area contributed by atoms with Crippen LogP contribution in [-0.2, 0) is 45.9 Å². The van der Waals surface area contributed by atoms with Crippen molar-refractivity contribution in [2.75, 3.05) is 27.4 Å². The van der Waals surface area contributed by atoms with E-state index in [0.717, 1.165) is 5.56 Å². The average molecular weight is 721 g/mol. The summed E-state index contributed by atoms with van der Waals surface area (Å²) in [5, 5.41) is 17.4. The number of amides is 4. The van der Waals surface area contributed by atoms with Crippen molar-refractivity contribution in [1.29, 1.82) is 0 Å². The van der Waals surface area contributed by atoms with E-state index in [9.17, 15) is 43.4 Å². The van der Waals surface area contributed by atoms with Crippen LogP contribution in [0.15, 0.2) is 48.5 Å². The van der Waals surface area contributed by atoms with Crippen molar-refractivity contribution in [3.8, 4) is 11.5 Å². The van der Waals surface area contributed by atoms with Crippen molar-refractivity contribution in [3.63, 3.8) is 0 Å². The fourth-order valence-electron chi connectivity index (χ4n) is 5.51. The number of rotatable bonds is 18. The Bertz CT molecular complexity index is 1550. The second-order valence-electron chi connectivity index (χ2n) is 12.1. The molecule has 0 spiro atoms. The zero-order valence-corrected chi connectivity index (χ0v) is 29.3. The maximum atomic E-state index is 13.7. The van der Waals surface area contributed by atoms with E-state index < -0.39 is 74.1 Å². The van der Waals surface area contributed by atoms with Gasteiger partial charge in [0.1, 0.15) is 24.2 Å². The Morgan fingerprint density at radius 2 is 1.60 bits per heavy atom. The smallest absolute Gasteiger partial charge is 0.469 e. The Labute approximate surface area is 290 Å². The number of nitrogens with one attached hydrogen (secondary N) is 3. The summed E-state index contributed by atoms with van der Waals surface area (Å²) in [5.41, 5.74) is 1.41. The molecule has 2 aromatic carbocycles. The van der Waals surface area contributed by atoms with E-state index >= 15 is 0 Å². The van der Waals surface area contributed by atoms with Crippen LogP contribution in [0, 0.1) is 5.92 Å². The van der Waals surface area contributed by atoms with Gasteiger partial charge in [-0.15, -0.1) is 0 Å². The molecule has 0 aliphatic carbocycles. The van der Waals surface area contributed by atoms with Gasteiger partial charge in [-0.1, -0.05) is 50.2 Å². The fourth-order valence-corrected chi connectivity index (χ4v) is 5.85. The van der Waals surface area contributed by atoms with Gasteiger partial charge >= 0.3 is 13.8 Å². The quantitative estimate of drug-likeness (QED) is 0.119. The van der Waals surface area contributed by atoms with Crippen molar-refractivity contribution < 1.29 is 57.4 Å². The molecular weight excluding hydrogens is 675 g/mol. The molecule has 1 heterocycles. The Kier molecular flexibility index (Phi) is 14.8. The third kappa shape index (κ3) is 11.8. The normalized spacial score (nSPS) is 16.2. The highest BCUT2D eigenvalue weighted by Crippen LogP contribution is 2.36. The van der Waals surface area contributed by atoms with Crippen LogP contribution < -0.4 is 25.4 Å². The van der Waals surface area contributed by atoms with E-state index in [0.29, 0.717) is 23.5 Å². The molecule has 0 bridgehead atoms. The van der Waals surface area contributed by atoms with Crippen LogP contribution in [0.4, 0.5) is 0 Å². The summed E-state index contributed by atoms with van der Waals surface area (Å²) in [6.45, 7) is 2.55. The molecule has 0 radical (unpaired) electrons. The summed E-state index contributed by atoms with van der Waals surface area (Å²) in [6.07, 6.45) is 0.735. The van der Waals surface area contributed by atoms with Gasteiger partial charge in [-0.25, -0.2) is 9.36 Å². The van der Waals surface area contributed by atoms with Crippen LogP contribution >= 0.6 is 7.82 Å². The van der Waals surface area contributed by atoms with Crippen molar-refractivity contribution in [2.45, 2.75) is 70.1 Å². The van der Waals surface area contributed by atoms with Crippen LogP contribution in [0.2, 0.25) is 0 Å². The monoisotopic (exact) mass is 720 g/mol. The first-order chi connectivity index (χ1) is 23.6. The van der Waals surface area contributed by atoms with Crippen LogP contribution in [0.3, 0.4) is 0 Å². The molecule has 1 saturated heterocycles. The minimum Gasteiger partial charge on any atom is -0.493 e. The average Bonchev–Trinajstić information content (AvgIpc) is 3.57. The van der Waals surface area contributed by atoms with Gasteiger partial charge in [-0.2, -0.15) is 0 Å². The molecule has 1 aliphatic heterocycles. The predicted octanol–water partition coefficient (Wildman–Crippen LogP) is 1.17. The van der Waals surface area contributed by atoms with Crippen LogP contribution in [0.1, 0.15) is 44.2 Å². The number of carboxylic acid groups (broad SMARTS) is 1. The standard InChI is InChI=1S/C33H45N4O12P/c1-20(2)29(31(40)35-23(33(42)43)17-21-9-6-5-7-10-21)36-30(39)25-11-8-16-37(25)32(41)24(19-49-50(44,45)46)34-28(38)15-13-22-12-14-26(47-3)27(18-22)48-4/h5-7,9-10,12,14,18,20,23-25,29H,8,11,13,15-17,19H2,1-4H3,(H,34,38)(H,35,40)(H,36,39)(H,42,43)(H2,44,45,46)/t23-,24-,25-,29-/m0/s1. The third-order valence-electron chi connectivity index (χ3n) is 8.11. The number of hydrogen-bond donors (Lipinski definition) is 6. The second-order valence-corrected chi connectivity index (χ2v) is 13.3. The summed E-state index contributed by atoms with van der Waals surface area (Å²) in [4.78, 5) is 85.2. The number of aliphatic carboxylic acids is 1. The van der Waals surface area contributed by atoms with Crippen LogP contribution in [-0.4, -0.2) is 101 Å². The molecule has 1 fully saturated rings. The Morgan fingerprint density at radius 1 is 0.920 bits per heavy atom. The van der Waals surface area contributed by atoms with Gasteiger partial charge in [-0.3, -0.25) is 23.7 Å². The lowest BCUT2D eigenvalue weighted by Crippen LogP contribution is -2.59. The molecule has 0 aromatic heterocycles. The van der Waals surface area contributed by atoms with E-state index in [1.54, 1.807) is 62.4 Å². The van der Waals surface area contributed by atoms with Crippen LogP contribution in [0.25, 0.3) is 0 Å². The summed E-state index contributed by atoms with van der Waals surface area (Å²) in [5.74, 6) is -3.60. The SMILES string of the molecule is COc1ccc(CCC(=O)N[C@@H](COP(=O)(O)O)C(=O)N2CCC[C@H]2C(=O)N[C@H](C(=O)N[C@@H](Cc2ccccc2)C(=O)O)C(C)C)cc1OC. The van der Waals surface area contributed by atoms with E-state index in [1.165, 1.54) is 19.1 Å². The third-order valence-corrected chi connectivity index (χ3v) is 8.60. The number of carbonyl (C=O) groups excluding carboxylic acids is 4. The van der Waals surface area contributed by atoms with Gasteiger partial charge in [0.25, 0.3) is 0 Å². The molecule has 274 valence electrons. The van der Waals surface area contributed by atoms with E-state index in [-0.39, 0.29) is 32.2 Å². The Hall–Kier alpha value is -4.50. The topological polar surface area (TPSA) is 230 Å². The van der Waals surface area contributed by atoms with E-state index in [4.69, 9.17) is 9.47 Å². The van der Waals surface area contributed by atoms with Gasteiger partial charge in [-0.05, 0) is 48.4 Å². The number of methoxy groups -OCH3 is 2. The first kappa shape index (κ1) is 39.9. The van der Waals surface area contributed by atoms with Gasteiger partial charge < -0.3 is 45.2 Å². The molecule has 3 rings (SSSR count). The zero-order chi connectivity index (χ0) is 37.0. The summed E-state index contributed by atoms with van der Waals surface area (Å²) in [7, 11) is -2.09. The number of carboxylic acids is 1. The number of carbonyl (C=O) groups is 5. The number of likely N-dealkylation sites (tertiary alicyclic amines) is 1. The molecule has 0 saturated carbocycles. The van der Waals surface area contributed by atoms with E-state index in [2.05, 4.69) is 20.5 Å². The lowest BCUT2D eigenvalue weighted by atomic mass is 10.0. The molecule has 2 aromatic rings. The lowest BCUT2D eigenvalue weighted by molar-refractivity contribution is -0.144. The number of nitrogens with zero attached hydrogens (tertiary/aromatic N) is 1. The highest BCUT2D eigenvalue weighted by molar-refractivity contribution is 7.46. The van der Waals surface area contributed by atoms with Crippen molar-refractivity contribution in [1.82, 2.24) is 20.9 Å². The number of hydrogen-bond acceptors (Lipinski definition) is 9. The number of phosphoric acid groups is 1. The molecule has 17 heteroatoms. The highest BCUT2D eigenvalue weighted by Gasteiger charge is 2.40. The Balaban J connectivity index is 1.70. The molecule has 16 nitrogen and oxygen atoms in total.